The Morgan fingerprint density at radius 2 is 1.77 bits per heavy atom. The molecule has 1 fully saturated rings. The number of rotatable bonds is 11. The van der Waals surface area contributed by atoms with Gasteiger partial charge >= 0.3 is 0 Å². The van der Waals surface area contributed by atoms with Gasteiger partial charge in [-0.3, -0.25) is 14.0 Å². The number of Topliss-reactive ketones (excluding diaryl/α,β-unsaturated/α-hetero) is 1. The van der Waals surface area contributed by atoms with Gasteiger partial charge in [-0.15, -0.1) is 0 Å². The molecule has 0 aliphatic carbocycles. The second-order valence-electron chi connectivity index (χ2n) is 10.5. The van der Waals surface area contributed by atoms with Crippen molar-refractivity contribution in [3.63, 3.8) is 0 Å². The molecule has 1 aliphatic rings. The van der Waals surface area contributed by atoms with Crippen LogP contribution in [0, 0.1) is 6.92 Å². The fourth-order valence-electron chi connectivity index (χ4n) is 5.64. The summed E-state index contributed by atoms with van der Waals surface area (Å²) in [5.41, 5.74) is 3.17. The van der Waals surface area contributed by atoms with E-state index in [9.17, 15) is 14.7 Å². The molecule has 224 valence electrons. The van der Waals surface area contributed by atoms with Gasteiger partial charge < -0.3 is 24.0 Å². The largest absolute Gasteiger partial charge is 0.505 e. The number of hydrogen-bond acceptors (Lipinski definition) is 7. The quantitative estimate of drug-likeness (QED) is 0.126. The van der Waals surface area contributed by atoms with Gasteiger partial charge in [-0.2, -0.15) is 0 Å². The summed E-state index contributed by atoms with van der Waals surface area (Å²) >= 11 is 0. The van der Waals surface area contributed by atoms with E-state index in [0.29, 0.717) is 60.3 Å². The summed E-state index contributed by atoms with van der Waals surface area (Å²) in [4.78, 5) is 37.5. The van der Waals surface area contributed by atoms with Gasteiger partial charge in [0.15, 0.2) is 17.3 Å². The average molecular weight is 592 g/mol. The van der Waals surface area contributed by atoms with Crippen molar-refractivity contribution < 1.29 is 24.2 Å². The highest BCUT2D eigenvalue weighted by molar-refractivity contribution is 6.46. The minimum atomic E-state index is -0.853. The number of aliphatic hydroxyl groups excluding tert-OH is 1. The lowest BCUT2D eigenvalue weighted by Crippen LogP contribution is -2.31. The lowest BCUT2D eigenvalue weighted by Gasteiger charge is -2.26. The number of aromatic nitrogens is 4. The molecule has 4 heterocycles. The van der Waals surface area contributed by atoms with Crippen molar-refractivity contribution in [3.8, 4) is 11.5 Å². The van der Waals surface area contributed by atoms with Gasteiger partial charge in [-0.1, -0.05) is 42.5 Å². The number of aryl methyl sites for hydroxylation is 2. The summed E-state index contributed by atoms with van der Waals surface area (Å²) < 4.78 is 15.7. The summed E-state index contributed by atoms with van der Waals surface area (Å²) in [5, 5.41) is 11.8. The number of aliphatic hydroxyl groups is 1. The number of imidazole rings is 2. The zero-order valence-electron chi connectivity index (χ0n) is 24.6. The number of ether oxygens (including phenoxy) is 2. The highest BCUT2D eigenvalue weighted by Gasteiger charge is 2.46. The average Bonchev–Trinajstić information content (AvgIpc) is 3.74. The third-order valence-electron chi connectivity index (χ3n) is 7.66. The Labute approximate surface area is 254 Å². The predicted octanol–water partition coefficient (Wildman–Crippen LogP) is 5.33. The highest BCUT2D eigenvalue weighted by atomic mass is 16.5. The number of benzene rings is 2. The molecule has 0 bridgehead atoms. The van der Waals surface area contributed by atoms with E-state index in [1.54, 1.807) is 42.2 Å². The zero-order chi connectivity index (χ0) is 30.6. The standard InChI is InChI=1S/C34H33N5O5/c1-3-43-27-20-25(13-14-26(27)44-21-24-10-5-4-6-11-24)31-29(32(40)30-23(2)36-28-12-7-8-17-38(28)30)33(41)34(42)39(31)18-9-16-37-19-15-35-22-37/h4-8,10-15,17,19-20,22,31,40H,3,9,16,18,21H2,1-2H3/b32-29+. The Hall–Kier alpha value is -5.38. The van der Waals surface area contributed by atoms with E-state index in [1.165, 1.54) is 4.90 Å². The minimum absolute atomic E-state index is 0.00628. The van der Waals surface area contributed by atoms with E-state index in [2.05, 4.69) is 9.97 Å². The van der Waals surface area contributed by atoms with E-state index in [1.807, 2.05) is 72.3 Å². The van der Waals surface area contributed by atoms with Crippen molar-refractivity contribution in [2.75, 3.05) is 13.2 Å². The van der Waals surface area contributed by atoms with Gasteiger partial charge in [0, 0.05) is 31.7 Å². The van der Waals surface area contributed by atoms with Gasteiger partial charge in [0.2, 0.25) is 0 Å². The molecule has 44 heavy (non-hydrogen) atoms. The van der Waals surface area contributed by atoms with Crippen LogP contribution in [0.1, 0.15) is 41.9 Å². The lowest BCUT2D eigenvalue weighted by atomic mass is 9.95. The number of hydrogen-bond donors (Lipinski definition) is 1. The summed E-state index contributed by atoms with van der Waals surface area (Å²) in [6, 6.07) is 19.8. The number of pyridine rings is 1. The molecule has 1 saturated heterocycles. The number of amides is 1. The van der Waals surface area contributed by atoms with E-state index in [-0.39, 0.29) is 17.9 Å². The monoisotopic (exact) mass is 591 g/mol. The van der Waals surface area contributed by atoms with Crippen LogP contribution in [-0.2, 0) is 22.7 Å². The summed E-state index contributed by atoms with van der Waals surface area (Å²) in [7, 11) is 0. The maximum atomic E-state index is 13.7. The molecule has 5 aromatic rings. The van der Waals surface area contributed by atoms with Gasteiger partial charge in [0.25, 0.3) is 11.7 Å². The van der Waals surface area contributed by atoms with Gasteiger partial charge in [0.1, 0.15) is 17.9 Å². The highest BCUT2D eigenvalue weighted by Crippen LogP contribution is 2.42. The number of nitrogens with zero attached hydrogens (tertiary/aromatic N) is 5. The second-order valence-corrected chi connectivity index (χ2v) is 10.5. The van der Waals surface area contributed by atoms with Crippen LogP contribution in [0.5, 0.6) is 11.5 Å². The van der Waals surface area contributed by atoms with Crippen LogP contribution >= 0.6 is 0 Å². The molecular formula is C34H33N5O5. The molecule has 0 radical (unpaired) electrons. The van der Waals surface area contributed by atoms with Crippen LogP contribution in [0.3, 0.4) is 0 Å². The molecule has 10 nitrogen and oxygen atoms in total. The Kier molecular flexibility index (Phi) is 8.14. The first-order chi connectivity index (χ1) is 21.5. The first-order valence-electron chi connectivity index (χ1n) is 14.6. The van der Waals surface area contributed by atoms with Crippen LogP contribution in [0.2, 0.25) is 0 Å². The number of carbonyl (C=O) groups is 2. The predicted molar refractivity (Wildman–Crippen MR) is 164 cm³/mol. The number of fused-ring (bicyclic) bond motifs is 1. The van der Waals surface area contributed by atoms with Gasteiger partial charge in [-0.25, -0.2) is 9.97 Å². The fourth-order valence-corrected chi connectivity index (χ4v) is 5.64. The molecule has 1 atom stereocenters. The van der Waals surface area contributed by atoms with E-state index in [0.717, 1.165) is 5.56 Å². The van der Waals surface area contributed by atoms with Gasteiger partial charge in [-0.05, 0) is 55.7 Å². The maximum Gasteiger partial charge on any atom is 0.295 e. The third kappa shape index (κ3) is 5.54. The molecule has 10 heteroatoms. The topological polar surface area (TPSA) is 111 Å². The van der Waals surface area contributed by atoms with E-state index < -0.39 is 17.7 Å². The molecule has 1 unspecified atom stereocenters. The summed E-state index contributed by atoms with van der Waals surface area (Å²) in [6.45, 7) is 5.27. The molecule has 1 amide bonds. The minimum Gasteiger partial charge on any atom is -0.505 e. The summed E-state index contributed by atoms with van der Waals surface area (Å²) in [5.74, 6) is -0.673. The zero-order valence-corrected chi connectivity index (χ0v) is 24.6. The Morgan fingerprint density at radius 1 is 0.955 bits per heavy atom. The molecule has 0 spiro atoms. The Morgan fingerprint density at radius 3 is 2.55 bits per heavy atom. The first kappa shape index (κ1) is 28.7. The lowest BCUT2D eigenvalue weighted by molar-refractivity contribution is -0.139. The molecule has 2 aromatic carbocycles. The van der Waals surface area contributed by atoms with Crippen molar-refractivity contribution >= 4 is 23.1 Å². The van der Waals surface area contributed by atoms with Crippen molar-refractivity contribution in [2.45, 2.75) is 39.5 Å². The van der Waals surface area contributed by atoms with Crippen LogP contribution in [0.4, 0.5) is 0 Å². The molecule has 1 aliphatic heterocycles. The number of ketones is 1. The van der Waals surface area contributed by atoms with Crippen molar-refractivity contribution in [1.82, 2.24) is 23.8 Å². The molecule has 3 aromatic heterocycles. The number of likely N-dealkylation sites (tertiary alicyclic amines) is 1. The van der Waals surface area contributed by atoms with Crippen LogP contribution < -0.4 is 9.47 Å². The first-order valence-corrected chi connectivity index (χ1v) is 14.6. The third-order valence-corrected chi connectivity index (χ3v) is 7.66. The molecule has 6 rings (SSSR count). The Balaban J connectivity index is 1.42. The normalized spacial score (nSPS) is 16.1. The van der Waals surface area contributed by atoms with Crippen LogP contribution in [-0.4, -0.2) is 53.8 Å². The van der Waals surface area contributed by atoms with Gasteiger partial charge in [0.05, 0.1) is 30.2 Å². The maximum absolute atomic E-state index is 13.7. The van der Waals surface area contributed by atoms with Crippen molar-refractivity contribution in [2.24, 2.45) is 0 Å². The fraction of sp³-hybridized carbons (Fsp3) is 0.235. The van der Waals surface area contributed by atoms with Crippen molar-refractivity contribution in [3.05, 3.63) is 120 Å². The molecule has 1 N–H and O–H groups in total. The SMILES string of the molecule is CCOc1cc(C2/C(=C(\O)c3c(C)nc4ccccn34)C(=O)C(=O)N2CCCn2ccnc2)ccc1OCc1ccccc1. The molecular weight excluding hydrogens is 558 g/mol. The summed E-state index contributed by atoms with van der Waals surface area (Å²) in [6.07, 6.45) is 7.60. The molecule has 0 saturated carbocycles. The second kappa shape index (κ2) is 12.5. The van der Waals surface area contributed by atoms with Crippen LogP contribution in [0.15, 0.2) is 97.2 Å². The smallest absolute Gasteiger partial charge is 0.295 e. The van der Waals surface area contributed by atoms with Crippen molar-refractivity contribution in [1.29, 1.82) is 0 Å². The van der Waals surface area contributed by atoms with E-state index in [4.69, 9.17) is 9.47 Å². The van der Waals surface area contributed by atoms with Crippen LogP contribution in [0.25, 0.3) is 11.4 Å². The number of carbonyl (C=O) groups excluding carboxylic acids is 2. The van der Waals surface area contributed by atoms with E-state index >= 15 is 0 Å². The Bertz CT molecular complexity index is 1830.